The lowest BCUT2D eigenvalue weighted by atomic mass is 9.95. The molecule has 1 atom stereocenters. The third-order valence-electron chi connectivity index (χ3n) is 3.79. The van der Waals surface area contributed by atoms with E-state index in [0.29, 0.717) is 17.8 Å². The number of hydrogen-bond donors (Lipinski definition) is 2. The molecule has 2 heterocycles. The summed E-state index contributed by atoms with van der Waals surface area (Å²) in [6.45, 7) is 2.27. The van der Waals surface area contributed by atoms with Crippen LogP contribution >= 0.6 is 0 Å². The van der Waals surface area contributed by atoms with Crippen molar-refractivity contribution in [1.82, 2.24) is 9.55 Å². The number of rotatable bonds is 3. The molecular formula is C16H18N4O2. The Bertz CT molecular complexity index is 708. The Hall–Kier alpha value is -2.63. The maximum atomic E-state index is 12.4. The van der Waals surface area contributed by atoms with Gasteiger partial charge in [-0.25, -0.2) is 4.98 Å². The summed E-state index contributed by atoms with van der Waals surface area (Å²) in [5.41, 5.74) is 2.46. The molecule has 0 spiro atoms. The Labute approximate surface area is 128 Å². The Morgan fingerprint density at radius 3 is 2.82 bits per heavy atom. The molecule has 6 nitrogen and oxygen atoms in total. The highest BCUT2D eigenvalue weighted by atomic mass is 16.2. The molecular weight excluding hydrogens is 280 g/mol. The van der Waals surface area contributed by atoms with Gasteiger partial charge < -0.3 is 15.2 Å². The van der Waals surface area contributed by atoms with Gasteiger partial charge in [0.2, 0.25) is 11.8 Å². The van der Waals surface area contributed by atoms with Crippen molar-refractivity contribution in [3.63, 3.8) is 0 Å². The Morgan fingerprint density at radius 1 is 1.27 bits per heavy atom. The average Bonchev–Trinajstić information content (AvgIpc) is 2.94. The predicted octanol–water partition coefficient (Wildman–Crippen LogP) is 2.04. The average molecular weight is 298 g/mol. The lowest BCUT2D eigenvalue weighted by Crippen LogP contribution is -2.29. The van der Waals surface area contributed by atoms with Gasteiger partial charge in [-0.05, 0) is 24.6 Å². The largest absolute Gasteiger partial charge is 0.335 e. The number of carbonyl (C=O) groups excluding carboxylic acids is 2. The van der Waals surface area contributed by atoms with Gasteiger partial charge in [-0.3, -0.25) is 9.59 Å². The van der Waals surface area contributed by atoms with Crippen molar-refractivity contribution < 1.29 is 9.59 Å². The van der Waals surface area contributed by atoms with Gasteiger partial charge >= 0.3 is 0 Å². The highest BCUT2D eigenvalue weighted by molar-refractivity contribution is 5.94. The third-order valence-corrected chi connectivity index (χ3v) is 3.79. The fraction of sp³-hybridized carbons (Fsp3) is 0.312. The van der Waals surface area contributed by atoms with Gasteiger partial charge in [-0.15, -0.1) is 0 Å². The lowest BCUT2D eigenvalue weighted by Gasteiger charge is -2.23. The first-order chi connectivity index (χ1) is 10.6. The SMILES string of the molecule is CC(=O)Nc1cccc(NC(=O)C2CCn3cncc3C2)c1. The molecule has 22 heavy (non-hydrogen) atoms. The minimum absolute atomic E-state index is 0.00688. The zero-order valence-corrected chi connectivity index (χ0v) is 12.4. The maximum Gasteiger partial charge on any atom is 0.227 e. The molecule has 114 valence electrons. The van der Waals surface area contributed by atoms with Crippen molar-refractivity contribution in [2.45, 2.75) is 26.3 Å². The van der Waals surface area contributed by atoms with Gasteiger partial charge in [0.25, 0.3) is 0 Å². The van der Waals surface area contributed by atoms with E-state index in [1.54, 1.807) is 24.5 Å². The topological polar surface area (TPSA) is 76.0 Å². The summed E-state index contributed by atoms with van der Waals surface area (Å²) < 4.78 is 2.08. The number of amides is 2. The number of fused-ring (bicyclic) bond motifs is 1. The summed E-state index contributed by atoms with van der Waals surface area (Å²) in [4.78, 5) is 27.6. The molecule has 0 aliphatic carbocycles. The Kier molecular flexibility index (Phi) is 3.91. The van der Waals surface area contributed by atoms with Crippen LogP contribution in [0.5, 0.6) is 0 Å². The Morgan fingerprint density at radius 2 is 2.05 bits per heavy atom. The van der Waals surface area contributed by atoms with Crippen molar-refractivity contribution in [2.24, 2.45) is 5.92 Å². The first-order valence-corrected chi connectivity index (χ1v) is 7.29. The van der Waals surface area contributed by atoms with Crippen LogP contribution in [0.15, 0.2) is 36.8 Å². The molecule has 1 unspecified atom stereocenters. The van der Waals surface area contributed by atoms with E-state index in [-0.39, 0.29) is 17.7 Å². The smallest absolute Gasteiger partial charge is 0.227 e. The first kappa shape index (κ1) is 14.3. The number of imidazole rings is 1. The fourth-order valence-corrected chi connectivity index (χ4v) is 2.71. The molecule has 1 aromatic carbocycles. The molecule has 0 fully saturated rings. The van der Waals surface area contributed by atoms with Crippen molar-refractivity contribution in [1.29, 1.82) is 0 Å². The molecule has 0 radical (unpaired) electrons. The van der Waals surface area contributed by atoms with Crippen LogP contribution in [-0.4, -0.2) is 21.4 Å². The molecule has 2 amide bonds. The number of nitrogens with one attached hydrogen (secondary N) is 2. The molecule has 0 bridgehead atoms. The molecule has 0 saturated heterocycles. The van der Waals surface area contributed by atoms with Crippen LogP contribution in [0, 0.1) is 5.92 Å². The van der Waals surface area contributed by atoms with E-state index in [1.165, 1.54) is 6.92 Å². The van der Waals surface area contributed by atoms with Crippen LogP contribution in [0.25, 0.3) is 0 Å². The summed E-state index contributed by atoms with van der Waals surface area (Å²) in [6.07, 6.45) is 5.13. The molecule has 0 saturated carbocycles. The second-order valence-electron chi connectivity index (χ2n) is 5.52. The highest BCUT2D eigenvalue weighted by Gasteiger charge is 2.24. The molecule has 2 aromatic rings. The zero-order valence-electron chi connectivity index (χ0n) is 12.4. The minimum Gasteiger partial charge on any atom is -0.335 e. The second-order valence-corrected chi connectivity index (χ2v) is 5.52. The normalized spacial score (nSPS) is 16.7. The third kappa shape index (κ3) is 3.16. The van der Waals surface area contributed by atoms with E-state index in [9.17, 15) is 9.59 Å². The number of nitrogens with zero attached hydrogens (tertiary/aromatic N) is 2. The van der Waals surface area contributed by atoms with E-state index in [0.717, 1.165) is 18.7 Å². The first-order valence-electron chi connectivity index (χ1n) is 7.29. The summed E-state index contributed by atoms with van der Waals surface area (Å²) >= 11 is 0. The summed E-state index contributed by atoms with van der Waals surface area (Å²) in [5, 5.41) is 5.63. The van der Waals surface area contributed by atoms with Gasteiger partial charge in [0.05, 0.1) is 6.33 Å². The van der Waals surface area contributed by atoms with Gasteiger partial charge in [0.1, 0.15) is 0 Å². The van der Waals surface area contributed by atoms with Crippen LogP contribution in [0.1, 0.15) is 19.0 Å². The van der Waals surface area contributed by atoms with Crippen molar-refractivity contribution in [3.05, 3.63) is 42.5 Å². The van der Waals surface area contributed by atoms with Gasteiger partial charge in [0, 0.05) is 49.1 Å². The molecule has 6 heteroatoms. The highest BCUT2D eigenvalue weighted by Crippen LogP contribution is 2.22. The van der Waals surface area contributed by atoms with E-state index >= 15 is 0 Å². The fourth-order valence-electron chi connectivity index (χ4n) is 2.71. The number of anilines is 2. The van der Waals surface area contributed by atoms with Crippen molar-refractivity contribution in [2.75, 3.05) is 10.6 Å². The monoisotopic (exact) mass is 298 g/mol. The van der Waals surface area contributed by atoms with Crippen LogP contribution in [0.4, 0.5) is 11.4 Å². The molecule has 1 aromatic heterocycles. The second kappa shape index (κ2) is 6.01. The number of hydrogen-bond acceptors (Lipinski definition) is 3. The number of aromatic nitrogens is 2. The van der Waals surface area contributed by atoms with Crippen LogP contribution in [-0.2, 0) is 22.6 Å². The summed E-state index contributed by atoms with van der Waals surface area (Å²) in [6, 6.07) is 7.16. The number of carbonyl (C=O) groups is 2. The molecule has 1 aliphatic rings. The van der Waals surface area contributed by atoms with Crippen molar-refractivity contribution in [3.8, 4) is 0 Å². The van der Waals surface area contributed by atoms with Crippen LogP contribution < -0.4 is 10.6 Å². The quantitative estimate of drug-likeness (QED) is 0.910. The number of benzene rings is 1. The van der Waals surface area contributed by atoms with Gasteiger partial charge in [0.15, 0.2) is 0 Å². The van der Waals surface area contributed by atoms with Gasteiger partial charge in [-0.2, -0.15) is 0 Å². The molecule has 2 N–H and O–H groups in total. The van der Waals surface area contributed by atoms with E-state index in [4.69, 9.17) is 0 Å². The number of aryl methyl sites for hydroxylation is 1. The Balaban J connectivity index is 1.66. The van der Waals surface area contributed by atoms with E-state index in [1.807, 2.05) is 12.3 Å². The van der Waals surface area contributed by atoms with Crippen LogP contribution in [0.3, 0.4) is 0 Å². The predicted molar refractivity (Wildman–Crippen MR) is 83.4 cm³/mol. The lowest BCUT2D eigenvalue weighted by molar-refractivity contribution is -0.120. The summed E-state index contributed by atoms with van der Waals surface area (Å²) in [7, 11) is 0. The summed E-state index contributed by atoms with van der Waals surface area (Å²) in [5.74, 6) is -0.176. The molecule has 3 rings (SSSR count). The van der Waals surface area contributed by atoms with Crippen LogP contribution in [0.2, 0.25) is 0 Å². The zero-order chi connectivity index (χ0) is 15.5. The van der Waals surface area contributed by atoms with Crippen molar-refractivity contribution >= 4 is 23.2 Å². The van der Waals surface area contributed by atoms with E-state index < -0.39 is 0 Å². The minimum atomic E-state index is -0.135. The van der Waals surface area contributed by atoms with E-state index in [2.05, 4.69) is 20.2 Å². The molecule has 1 aliphatic heterocycles. The van der Waals surface area contributed by atoms with Gasteiger partial charge in [-0.1, -0.05) is 6.07 Å². The standard InChI is InChI=1S/C16H18N4O2/c1-11(21)18-13-3-2-4-14(8-13)19-16(22)12-5-6-20-10-17-9-15(20)7-12/h2-4,8-10,12H,5-7H2,1H3,(H,18,21)(H,19,22). The maximum absolute atomic E-state index is 12.4.